The minimum Gasteiger partial charge on any atom is -0.352 e. The van der Waals surface area contributed by atoms with Gasteiger partial charge in [0.05, 0.1) is 0 Å². The van der Waals surface area contributed by atoms with Crippen molar-refractivity contribution in [3.63, 3.8) is 0 Å². The third kappa shape index (κ3) is 4.67. The van der Waals surface area contributed by atoms with Crippen molar-refractivity contribution in [3.8, 4) is 0 Å². The number of rotatable bonds is 5. The average Bonchev–Trinajstić information content (AvgIpc) is 2.31. The quantitative estimate of drug-likeness (QED) is 0.857. The topological polar surface area (TPSA) is 55.1 Å². The van der Waals surface area contributed by atoms with Crippen LogP contribution < -0.4 is 11.1 Å². The molecule has 0 bridgehead atoms. The zero-order chi connectivity index (χ0) is 14.6. The average molecular weight is 262 g/mol. The summed E-state index contributed by atoms with van der Waals surface area (Å²) in [7, 11) is 0. The molecule has 3 N–H and O–H groups in total. The first-order valence-corrected chi connectivity index (χ1v) is 6.78. The largest absolute Gasteiger partial charge is 0.352 e. The van der Waals surface area contributed by atoms with Crippen LogP contribution in [0, 0.1) is 26.2 Å². The number of hydrogen-bond donors (Lipinski definition) is 2. The summed E-state index contributed by atoms with van der Waals surface area (Å²) in [4.78, 5) is 11.9. The first-order valence-electron chi connectivity index (χ1n) is 6.78. The number of aryl methyl sites for hydroxylation is 3. The van der Waals surface area contributed by atoms with Gasteiger partial charge < -0.3 is 11.1 Å². The lowest BCUT2D eigenvalue weighted by atomic mass is 9.89. The van der Waals surface area contributed by atoms with Crippen molar-refractivity contribution < 1.29 is 4.79 Å². The summed E-state index contributed by atoms with van der Waals surface area (Å²) < 4.78 is 0. The predicted molar refractivity (Wildman–Crippen MR) is 80.0 cm³/mol. The van der Waals surface area contributed by atoms with Crippen molar-refractivity contribution in [2.75, 3.05) is 6.54 Å². The fraction of sp³-hybridized carbons (Fsp3) is 0.562. The number of amides is 1. The first kappa shape index (κ1) is 15.7. The molecule has 0 fully saturated rings. The van der Waals surface area contributed by atoms with Crippen molar-refractivity contribution in [2.24, 2.45) is 11.1 Å². The molecule has 0 saturated heterocycles. The molecule has 0 aliphatic rings. The van der Waals surface area contributed by atoms with E-state index in [1.165, 1.54) is 22.3 Å². The molecule has 19 heavy (non-hydrogen) atoms. The van der Waals surface area contributed by atoms with Gasteiger partial charge in [0.25, 0.3) is 0 Å². The maximum Gasteiger partial charge on any atom is 0.220 e. The molecule has 0 heterocycles. The fourth-order valence-electron chi connectivity index (χ4n) is 1.97. The number of nitrogens with two attached hydrogens (primary N) is 1. The zero-order valence-electron chi connectivity index (χ0n) is 12.8. The van der Waals surface area contributed by atoms with E-state index >= 15 is 0 Å². The second kappa shape index (κ2) is 6.20. The fourth-order valence-corrected chi connectivity index (χ4v) is 1.97. The van der Waals surface area contributed by atoms with Gasteiger partial charge >= 0.3 is 0 Å². The Morgan fingerprint density at radius 2 is 1.74 bits per heavy atom. The summed E-state index contributed by atoms with van der Waals surface area (Å²) in [6.07, 6.45) is 0.466. The highest BCUT2D eigenvalue weighted by Gasteiger charge is 2.19. The van der Waals surface area contributed by atoms with Crippen LogP contribution in [0.3, 0.4) is 0 Å². The SMILES string of the molecule is Cc1cc(C)c(CNC(=O)CC(C)(C)CN)cc1C. The van der Waals surface area contributed by atoms with Gasteiger partial charge in [0, 0.05) is 13.0 Å². The molecular weight excluding hydrogens is 236 g/mol. The monoisotopic (exact) mass is 262 g/mol. The summed E-state index contributed by atoms with van der Waals surface area (Å²) in [5.74, 6) is 0.0630. The number of carbonyl (C=O) groups is 1. The van der Waals surface area contributed by atoms with Crippen LogP contribution in [-0.2, 0) is 11.3 Å². The molecule has 1 amide bonds. The summed E-state index contributed by atoms with van der Waals surface area (Å²) in [6.45, 7) is 11.4. The number of carbonyl (C=O) groups excluding carboxylic acids is 1. The van der Waals surface area contributed by atoms with Gasteiger partial charge in [0.15, 0.2) is 0 Å². The Morgan fingerprint density at radius 3 is 2.32 bits per heavy atom. The van der Waals surface area contributed by atoms with Gasteiger partial charge in [-0.2, -0.15) is 0 Å². The highest BCUT2D eigenvalue weighted by Crippen LogP contribution is 2.18. The van der Waals surface area contributed by atoms with E-state index in [4.69, 9.17) is 5.73 Å². The molecule has 0 atom stereocenters. The van der Waals surface area contributed by atoms with Crippen LogP contribution in [0.25, 0.3) is 0 Å². The van der Waals surface area contributed by atoms with Crippen LogP contribution in [0.15, 0.2) is 12.1 Å². The van der Waals surface area contributed by atoms with Gasteiger partial charge in [-0.25, -0.2) is 0 Å². The molecule has 0 aliphatic carbocycles. The molecular formula is C16H26N2O. The van der Waals surface area contributed by atoms with Crippen LogP contribution >= 0.6 is 0 Å². The normalized spacial score (nSPS) is 11.5. The molecule has 0 aliphatic heterocycles. The summed E-state index contributed by atoms with van der Waals surface area (Å²) in [6, 6.07) is 4.32. The van der Waals surface area contributed by atoms with E-state index in [1.54, 1.807) is 0 Å². The van der Waals surface area contributed by atoms with Crippen molar-refractivity contribution in [1.29, 1.82) is 0 Å². The van der Waals surface area contributed by atoms with Crippen LogP contribution in [-0.4, -0.2) is 12.5 Å². The van der Waals surface area contributed by atoms with Crippen molar-refractivity contribution in [2.45, 2.75) is 47.6 Å². The van der Waals surface area contributed by atoms with Crippen molar-refractivity contribution >= 4 is 5.91 Å². The predicted octanol–water partition coefficient (Wildman–Crippen LogP) is 2.60. The summed E-state index contributed by atoms with van der Waals surface area (Å²) >= 11 is 0. The lowest BCUT2D eigenvalue weighted by Crippen LogP contribution is -2.32. The van der Waals surface area contributed by atoms with Gasteiger partial charge in [-0.1, -0.05) is 26.0 Å². The lowest BCUT2D eigenvalue weighted by molar-refractivity contribution is -0.123. The van der Waals surface area contributed by atoms with Gasteiger partial charge in [-0.15, -0.1) is 0 Å². The third-order valence-corrected chi connectivity index (χ3v) is 3.62. The number of benzene rings is 1. The van der Waals surface area contributed by atoms with Crippen LogP contribution in [0.4, 0.5) is 0 Å². The Balaban J connectivity index is 2.63. The van der Waals surface area contributed by atoms with E-state index in [9.17, 15) is 4.79 Å². The van der Waals surface area contributed by atoms with E-state index in [1.807, 2.05) is 13.8 Å². The highest BCUT2D eigenvalue weighted by molar-refractivity contribution is 5.76. The Kier molecular flexibility index (Phi) is 5.12. The molecule has 0 saturated carbocycles. The van der Waals surface area contributed by atoms with Crippen molar-refractivity contribution in [3.05, 3.63) is 34.4 Å². The summed E-state index contributed by atoms with van der Waals surface area (Å²) in [5.41, 5.74) is 10.5. The number of hydrogen-bond acceptors (Lipinski definition) is 2. The molecule has 1 aromatic carbocycles. The van der Waals surface area contributed by atoms with Gasteiger partial charge in [-0.05, 0) is 55.0 Å². The minimum absolute atomic E-state index is 0.0630. The van der Waals surface area contributed by atoms with Gasteiger partial charge in [0.1, 0.15) is 0 Å². The zero-order valence-corrected chi connectivity index (χ0v) is 12.8. The van der Waals surface area contributed by atoms with E-state index < -0.39 is 0 Å². The molecule has 3 heteroatoms. The van der Waals surface area contributed by atoms with E-state index in [2.05, 4.69) is 38.2 Å². The second-order valence-corrected chi connectivity index (χ2v) is 6.18. The van der Waals surface area contributed by atoms with Crippen LogP contribution in [0.2, 0.25) is 0 Å². The van der Waals surface area contributed by atoms with Crippen LogP contribution in [0.1, 0.15) is 42.5 Å². The first-order chi connectivity index (χ1) is 8.75. The Bertz CT molecular complexity index is 464. The maximum atomic E-state index is 11.9. The standard InChI is InChI=1S/C16H26N2O/c1-11-6-13(3)14(7-12(11)2)9-18-15(19)8-16(4,5)10-17/h6-7H,8-10,17H2,1-5H3,(H,18,19). The third-order valence-electron chi connectivity index (χ3n) is 3.62. The molecule has 0 aromatic heterocycles. The summed E-state index contributed by atoms with van der Waals surface area (Å²) in [5, 5.41) is 2.98. The minimum atomic E-state index is -0.137. The smallest absolute Gasteiger partial charge is 0.220 e. The lowest BCUT2D eigenvalue weighted by Gasteiger charge is -2.21. The maximum absolute atomic E-state index is 11.9. The van der Waals surface area contributed by atoms with E-state index in [-0.39, 0.29) is 11.3 Å². The van der Waals surface area contributed by atoms with E-state index in [0.717, 1.165) is 0 Å². The van der Waals surface area contributed by atoms with Crippen LogP contribution in [0.5, 0.6) is 0 Å². The highest BCUT2D eigenvalue weighted by atomic mass is 16.1. The molecule has 0 unspecified atom stereocenters. The van der Waals surface area contributed by atoms with E-state index in [0.29, 0.717) is 19.5 Å². The second-order valence-electron chi connectivity index (χ2n) is 6.18. The number of nitrogens with one attached hydrogen (secondary N) is 1. The molecule has 1 rings (SSSR count). The Morgan fingerprint density at radius 1 is 1.16 bits per heavy atom. The van der Waals surface area contributed by atoms with Gasteiger partial charge in [-0.3, -0.25) is 4.79 Å². The molecule has 3 nitrogen and oxygen atoms in total. The van der Waals surface area contributed by atoms with Gasteiger partial charge in [0.2, 0.25) is 5.91 Å². The van der Waals surface area contributed by atoms with Crippen molar-refractivity contribution in [1.82, 2.24) is 5.32 Å². The molecule has 1 aromatic rings. The molecule has 0 radical (unpaired) electrons. The Hall–Kier alpha value is -1.35. The molecule has 106 valence electrons. The molecule has 0 spiro atoms. The Labute approximate surface area is 116 Å².